The number of hydrogen-bond acceptors (Lipinski definition) is 7. The van der Waals surface area contributed by atoms with Gasteiger partial charge in [0.05, 0.1) is 11.3 Å². The topological polar surface area (TPSA) is 136 Å². The van der Waals surface area contributed by atoms with E-state index < -0.39 is 5.91 Å². The van der Waals surface area contributed by atoms with Crippen LogP contribution in [0.5, 0.6) is 0 Å². The summed E-state index contributed by atoms with van der Waals surface area (Å²) in [6, 6.07) is 1.60. The van der Waals surface area contributed by atoms with Gasteiger partial charge in [0, 0.05) is 0 Å². The predicted molar refractivity (Wildman–Crippen MR) is 60.7 cm³/mol. The molecule has 2 rings (SSSR count). The molecule has 0 aliphatic rings. The minimum Gasteiger partial charge on any atom is -0.468 e. The molecule has 2 aromatic rings. The van der Waals surface area contributed by atoms with Gasteiger partial charge in [-0.05, 0) is 6.07 Å². The predicted octanol–water partition coefficient (Wildman–Crippen LogP) is -0.124. The van der Waals surface area contributed by atoms with Gasteiger partial charge in [-0.3, -0.25) is 10.2 Å². The zero-order chi connectivity index (χ0) is 12.3. The zero-order valence-corrected chi connectivity index (χ0v) is 9.45. The first-order valence-electron chi connectivity index (χ1n) is 4.58. The molecule has 0 aliphatic heterocycles. The number of H-pyrrole nitrogens is 1. The lowest BCUT2D eigenvalue weighted by atomic mass is 10.3. The van der Waals surface area contributed by atoms with Crippen molar-refractivity contribution in [2.24, 2.45) is 5.84 Å². The molecule has 2 heterocycles. The van der Waals surface area contributed by atoms with Crippen molar-refractivity contribution in [1.82, 2.24) is 20.6 Å². The van der Waals surface area contributed by atoms with Crippen LogP contribution in [0.2, 0.25) is 0 Å². The molecule has 0 fully saturated rings. The van der Waals surface area contributed by atoms with E-state index in [2.05, 4.69) is 15.2 Å². The Morgan fingerprint density at radius 2 is 2.47 bits per heavy atom. The van der Waals surface area contributed by atoms with Crippen molar-refractivity contribution in [1.29, 1.82) is 0 Å². The van der Waals surface area contributed by atoms with Gasteiger partial charge < -0.3 is 10.2 Å². The molecule has 0 saturated carbocycles. The molecule has 90 valence electrons. The number of rotatable bonds is 4. The molecule has 8 nitrogen and oxygen atoms in total. The lowest BCUT2D eigenvalue weighted by Crippen LogP contribution is -2.29. The van der Waals surface area contributed by atoms with E-state index in [1.165, 1.54) is 18.0 Å². The second-order valence-electron chi connectivity index (χ2n) is 3.07. The number of nitrogens with zero attached hydrogens (tertiary/aromatic N) is 2. The summed E-state index contributed by atoms with van der Waals surface area (Å²) in [6.07, 6.45) is 1.34. The van der Waals surface area contributed by atoms with Crippen LogP contribution < -0.4 is 17.0 Å². The number of carbonyl (C=O) groups is 1. The summed E-state index contributed by atoms with van der Waals surface area (Å²) in [5.41, 5.74) is 7.77. The Kier molecular flexibility index (Phi) is 3.30. The minimum atomic E-state index is -0.396. The number of amides is 1. The molecule has 0 aromatic carbocycles. The molecule has 0 saturated heterocycles. The first-order chi connectivity index (χ1) is 8.19. The molecule has 0 atom stereocenters. The van der Waals surface area contributed by atoms with Gasteiger partial charge >= 0.3 is 0 Å². The standard InChI is InChI=1S/C8H10N6O2S/c9-7-11-8(14-13-7)17-3-5-1-4(2-16-5)6(15)12-10/h1-2H,3,10H2,(H,12,15)(H3,9,11,13,14). The van der Waals surface area contributed by atoms with E-state index >= 15 is 0 Å². The molecule has 6 N–H and O–H groups in total. The molecule has 0 aliphatic carbocycles. The van der Waals surface area contributed by atoms with Crippen molar-refractivity contribution in [3.63, 3.8) is 0 Å². The third kappa shape index (κ3) is 2.77. The van der Waals surface area contributed by atoms with Crippen LogP contribution >= 0.6 is 11.8 Å². The van der Waals surface area contributed by atoms with Gasteiger partial charge in [-0.15, -0.1) is 5.10 Å². The Morgan fingerprint density at radius 1 is 1.65 bits per heavy atom. The molecule has 2 aromatic heterocycles. The van der Waals surface area contributed by atoms with Gasteiger partial charge in [0.2, 0.25) is 11.1 Å². The van der Waals surface area contributed by atoms with Gasteiger partial charge in [-0.25, -0.2) is 10.9 Å². The maximum Gasteiger partial charge on any atom is 0.268 e. The van der Waals surface area contributed by atoms with Crippen LogP contribution in [0, 0.1) is 0 Å². The number of aromatic amines is 1. The van der Waals surface area contributed by atoms with Gasteiger partial charge in [0.1, 0.15) is 12.0 Å². The van der Waals surface area contributed by atoms with Crippen molar-refractivity contribution in [2.75, 3.05) is 5.73 Å². The Morgan fingerprint density at radius 3 is 3.12 bits per heavy atom. The third-order valence-electron chi connectivity index (χ3n) is 1.87. The van der Waals surface area contributed by atoms with Gasteiger partial charge in [-0.2, -0.15) is 4.98 Å². The van der Waals surface area contributed by atoms with Crippen molar-refractivity contribution in [2.45, 2.75) is 10.9 Å². The number of nitrogen functional groups attached to an aromatic ring is 2. The quantitative estimate of drug-likeness (QED) is 0.258. The van der Waals surface area contributed by atoms with Crippen molar-refractivity contribution >= 4 is 23.6 Å². The minimum absolute atomic E-state index is 0.259. The molecule has 0 spiro atoms. The molecule has 9 heteroatoms. The van der Waals surface area contributed by atoms with E-state index in [0.29, 0.717) is 22.2 Å². The first-order valence-corrected chi connectivity index (χ1v) is 5.56. The van der Waals surface area contributed by atoms with Crippen LogP contribution in [0.25, 0.3) is 0 Å². The molecule has 0 unspecified atom stereocenters. The Bertz CT molecular complexity index is 522. The summed E-state index contributed by atoms with van der Waals surface area (Å²) >= 11 is 1.34. The van der Waals surface area contributed by atoms with Gasteiger partial charge in [0.25, 0.3) is 5.91 Å². The van der Waals surface area contributed by atoms with E-state index in [1.807, 2.05) is 5.43 Å². The summed E-state index contributed by atoms with van der Waals surface area (Å²) in [5, 5.41) is 6.89. The highest BCUT2D eigenvalue weighted by atomic mass is 32.2. The molecule has 17 heavy (non-hydrogen) atoms. The number of furan rings is 1. The highest BCUT2D eigenvalue weighted by Crippen LogP contribution is 2.20. The van der Waals surface area contributed by atoms with Crippen LogP contribution in [-0.4, -0.2) is 21.1 Å². The van der Waals surface area contributed by atoms with E-state index in [9.17, 15) is 4.79 Å². The van der Waals surface area contributed by atoms with E-state index in [-0.39, 0.29) is 5.95 Å². The highest BCUT2D eigenvalue weighted by molar-refractivity contribution is 7.98. The van der Waals surface area contributed by atoms with E-state index in [0.717, 1.165) is 0 Å². The molecular weight excluding hydrogens is 244 g/mol. The zero-order valence-electron chi connectivity index (χ0n) is 8.64. The van der Waals surface area contributed by atoms with Crippen molar-refractivity contribution in [3.05, 3.63) is 23.7 Å². The maximum absolute atomic E-state index is 11.2. The number of carbonyl (C=O) groups excluding carboxylic acids is 1. The molecular formula is C8H10N6O2S. The number of thioether (sulfide) groups is 1. The second-order valence-corrected chi connectivity index (χ2v) is 4.01. The maximum atomic E-state index is 11.2. The average molecular weight is 254 g/mol. The lowest BCUT2D eigenvalue weighted by Gasteiger charge is -1.92. The summed E-state index contributed by atoms with van der Waals surface area (Å²) in [7, 11) is 0. The second kappa shape index (κ2) is 4.89. The normalized spacial score (nSPS) is 10.4. The number of hydrazine groups is 1. The largest absolute Gasteiger partial charge is 0.468 e. The van der Waals surface area contributed by atoms with Crippen LogP contribution in [0.3, 0.4) is 0 Å². The lowest BCUT2D eigenvalue weighted by molar-refractivity contribution is 0.0953. The van der Waals surface area contributed by atoms with Crippen LogP contribution in [0.15, 0.2) is 21.9 Å². The van der Waals surface area contributed by atoms with Crippen LogP contribution in [0.1, 0.15) is 16.1 Å². The number of nitrogens with one attached hydrogen (secondary N) is 2. The summed E-state index contributed by atoms with van der Waals surface area (Å²) in [4.78, 5) is 15.1. The molecule has 1 amide bonds. The number of anilines is 1. The van der Waals surface area contributed by atoms with Crippen LogP contribution in [-0.2, 0) is 5.75 Å². The SMILES string of the molecule is NNC(=O)c1coc(CSc2n[nH]c(N)n2)c1. The summed E-state index contributed by atoms with van der Waals surface area (Å²) in [6.45, 7) is 0. The Balaban J connectivity index is 1.95. The third-order valence-corrected chi connectivity index (χ3v) is 2.74. The highest BCUT2D eigenvalue weighted by Gasteiger charge is 2.10. The summed E-state index contributed by atoms with van der Waals surface area (Å²) in [5.74, 6) is 5.98. The molecule has 0 radical (unpaired) electrons. The van der Waals surface area contributed by atoms with Gasteiger partial charge in [0.15, 0.2) is 0 Å². The Hall–Kier alpha value is -2.00. The fourth-order valence-corrected chi connectivity index (χ4v) is 1.81. The number of aromatic nitrogens is 3. The Labute approximate surface area is 100 Å². The van der Waals surface area contributed by atoms with E-state index in [1.54, 1.807) is 6.07 Å². The smallest absolute Gasteiger partial charge is 0.268 e. The fourth-order valence-electron chi connectivity index (χ4n) is 1.12. The number of hydrogen-bond donors (Lipinski definition) is 4. The number of nitrogens with two attached hydrogens (primary N) is 2. The van der Waals surface area contributed by atoms with Gasteiger partial charge in [-0.1, -0.05) is 11.8 Å². The molecule has 0 bridgehead atoms. The summed E-state index contributed by atoms with van der Waals surface area (Å²) < 4.78 is 5.18. The van der Waals surface area contributed by atoms with E-state index in [4.69, 9.17) is 16.0 Å². The first kappa shape index (κ1) is 11.5. The van der Waals surface area contributed by atoms with Crippen molar-refractivity contribution < 1.29 is 9.21 Å². The van der Waals surface area contributed by atoms with Crippen molar-refractivity contribution in [3.8, 4) is 0 Å². The fraction of sp³-hybridized carbons (Fsp3) is 0.125. The van der Waals surface area contributed by atoms with Crippen LogP contribution in [0.4, 0.5) is 5.95 Å². The monoisotopic (exact) mass is 254 g/mol. The average Bonchev–Trinajstić information content (AvgIpc) is 2.94.